The minimum absolute atomic E-state index is 0.0546. The Labute approximate surface area is 103 Å². The predicted octanol–water partition coefficient (Wildman–Crippen LogP) is 2.51. The van der Waals surface area contributed by atoms with Crippen molar-refractivity contribution in [2.24, 2.45) is 0 Å². The standard InChI is InChI=1S/C14H10N2O2/c15-13-11-5-7(17)1-3-9(11)10-4-2-8(18)6-12(10)14(13)16/h1-6,15-18H. The van der Waals surface area contributed by atoms with Gasteiger partial charge in [-0.15, -0.1) is 0 Å². The van der Waals surface area contributed by atoms with Gasteiger partial charge in [-0.2, -0.15) is 0 Å². The van der Waals surface area contributed by atoms with Crippen LogP contribution in [0, 0.1) is 10.8 Å². The van der Waals surface area contributed by atoms with Crippen LogP contribution in [0.25, 0.3) is 11.1 Å². The molecule has 0 fully saturated rings. The van der Waals surface area contributed by atoms with E-state index in [2.05, 4.69) is 0 Å². The average Bonchev–Trinajstić information content (AvgIpc) is 2.36. The predicted molar refractivity (Wildman–Crippen MR) is 68.9 cm³/mol. The van der Waals surface area contributed by atoms with Gasteiger partial charge in [0, 0.05) is 11.1 Å². The van der Waals surface area contributed by atoms with E-state index < -0.39 is 0 Å². The first kappa shape index (κ1) is 10.5. The molecule has 0 unspecified atom stereocenters. The molecule has 0 saturated carbocycles. The first-order valence-electron chi connectivity index (χ1n) is 5.42. The number of benzene rings is 2. The Hall–Kier alpha value is -2.62. The second kappa shape index (κ2) is 3.43. The highest BCUT2D eigenvalue weighted by Crippen LogP contribution is 2.36. The Balaban J connectivity index is 2.38. The zero-order valence-corrected chi connectivity index (χ0v) is 9.36. The summed E-state index contributed by atoms with van der Waals surface area (Å²) in [5, 5.41) is 34.9. The molecule has 0 aliphatic heterocycles. The van der Waals surface area contributed by atoms with Crippen LogP contribution in [-0.4, -0.2) is 21.6 Å². The Bertz CT molecular complexity index is 643. The molecule has 0 atom stereocenters. The highest BCUT2D eigenvalue weighted by atomic mass is 16.3. The number of aromatic hydroxyl groups is 2. The van der Waals surface area contributed by atoms with E-state index >= 15 is 0 Å². The summed E-state index contributed by atoms with van der Waals surface area (Å²) in [5.74, 6) is 0.155. The molecule has 2 aromatic rings. The molecule has 0 radical (unpaired) electrons. The van der Waals surface area contributed by atoms with E-state index in [9.17, 15) is 10.2 Å². The van der Waals surface area contributed by atoms with E-state index in [1.165, 1.54) is 12.1 Å². The fourth-order valence-corrected chi connectivity index (χ4v) is 2.22. The summed E-state index contributed by atoms with van der Waals surface area (Å²) >= 11 is 0. The first-order chi connectivity index (χ1) is 8.58. The van der Waals surface area contributed by atoms with Gasteiger partial charge < -0.3 is 10.2 Å². The van der Waals surface area contributed by atoms with Gasteiger partial charge in [-0.05, 0) is 35.4 Å². The molecule has 0 heterocycles. The second-order valence-corrected chi connectivity index (χ2v) is 4.21. The third-order valence-corrected chi connectivity index (χ3v) is 3.09. The normalized spacial score (nSPS) is 13.1. The molecule has 1 aliphatic rings. The van der Waals surface area contributed by atoms with Crippen molar-refractivity contribution >= 4 is 11.4 Å². The largest absolute Gasteiger partial charge is 0.508 e. The maximum absolute atomic E-state index is 9.48. The van der Waals surface area contributed by atoms with E-state index in [0.29, 0.717) is 11.1 Å². The summed E-state index contributed by atoms with van der Waals surface area (Å²) in [4.78, 5) is 0. The summed E-state index contributed by atoms with van der Waals surface area (Å²) in [6.07, 6.45) is 0. The van der Waals surface area contributed by atoms with Gasteiger partial charge >= 0.3 is 0 Å². The second-order valence-electron chi connectivity index (χ2n) is 4.21. The molecule has 0 aromatic heterocycles. The highest BCUT2D eigenvalue weighted by molar-refractivity contribution is 6.55. The number of rotatable bonds is 0. The minimum Gasteiger partial charge on any atom is -0.508 e. The van der Waals surface area contributed by atoms with Crippen molar-refractivity contribution in [1.82, 2.24) is 0 Å². The molecule has 0 saturated heterocycles. The van der Waals surface area contributed by atoms with E-state index in [1.54, 1.807) is 24.3 Å². The van der Waals surface area contributed by atoms with Gasteiger partial charge in [-0.3, -0.25) is 10.8 Å². The van der Waals surface area contributed by atoms with Crippen LogP contribution < -0.4 is 0 Å². The molecule has 88 valence electrons. The van der Waals surface area contributed by atoms with Gasteiger partial charge in [-0.1, -0.05) is 12.1 Å². The molecule has 18 heavy (non-hydrogen) atoms. The summed E-state index contributed by atoms with van der Waals surface area (Å²) in [5.41, 5.74) is 2.78. The smallest absolute Gasteiger partial charge is 0.116 e. The summed E-state index contributed by atoms with van der Waals surface area (Å²) in [6.45, 7) is 0. The third-order valence-electron chi connectivity index (χ3n) is 3.09. The molecule has 4 N–H and O–H groups in total. The summed E-state index contributed by atoms with van der Waals surface area (Å²) < 4.78 is 0. The Kier molecular flexibility index (Phi) is 2.01. The fourth-order valence-electron chi connectivity index (χ4n) is 2.22. The van der Waals surface area contributed by atoms with Crippen molar-refractivity contribution in [1.29, 1.82) is 10.8 Å². The van der Waals surface area contributed by atoms with Gasteiger partial charge in [-0.25, -0.2) is 0 Å². The van der Waals surface area contributed by atoms with Crippen LogP contribution >= 0.6 is 0 Å². The summed E-state index contributed by atoms with van der Waals surface area (Å²) in [6, 6.07) is 9.53. The highest BCUT2D eigenvalue weighted by Gasteiger charge is 2.25. The molecule has 1 aliphatic carbocycles. The van der Waals surface area contributed by atoms with Gasteiger partial charge in [0.2, 0.25) is 0 Å². The van der Waals surface area contributed by atoms with Crippen LogP contribution in [0.1, 0.15) is 11.1 Å². The quantitative estimate of drug-likeness (QED) is 0.568. The number of phenols is 2. The summed E-state index contributed by atoms with van der Waals surface area (Å²) in [7, 11) is 0. The molecule has 0 spiro atoms. The van der Waals surface area contributed by atoms with E-state index in [0.717, 1.165) is 11.1 Å². The van der Waals surface area contributed by atoms with Gasteiger partial charge in [0.15, 0.2) is 0 Å². The van der Waals surface area contributed by atoms with Crippen molar-refractivity contribution in [3.05, 3.63) is 47.5 Å². The monoisotopic (exact) mass is 238 g/mol. The molecule has 2 aromatic carbocycles. The lowest BCUT2D eigenvalue weighted by Crippen LogP contribution is -2.21. The number of phenolic OH excluding ortho intramolecular Hbond substituents is 2. The van der Waals surface area contributed by atoms with Crippen LogP contribution in [0.3, 0.4) is 0 Å². The number of hydrogen-bond donors (Lipinski definition) is 4. The van der Waals surface area contributed by atoms with Crippen LogP contribution in [-0.2, 0) is 0 Å². The van der Waals surface area contributed by atoms with Crippen LogP contribution in [0.4, 0.5) is 0 Å². The Morgan fingerprint density at radius 3 is 1.39 bits per heavy atom. The molecular weight excluding hydrogens is 228 g/mol. The van der Waals surface area contributed by atoms with E-state index in [4.69, 9.17) is 10.8 Å². The minimum atomic E-state index is 0.0546. The van der Waals surface area contributed by atoms with E-state index in [-0.39, 0.29) is 22.9 Å². The molecule has 0 bridgehead atoms. The zero-order valence-electron chi connectivity index (χ0n) is 9.36. The maximum Gasteiger partial charge on any atom is 0.116 e. The topological polar surface area (TPSA) is 88.2 Å². The lowest BCUT2D eigenvalue weighted by Gasteiger charge is -2.21. The van der Waals surface area contributed by atoms with Crippen molar-refractivity contribution in [3.8, 4) is 22.6 Å². The number of nitrogens with one attached hydrogen (secondary N) is 2. The molecule has 0 amide bonds. The van der Waals surface area contributed by atoms with Crippen LogP contribution in [0.15, 0.2) is 36.4 Å². The van der Waals surface area contributed by atoms with Gasteiger partial charge in [0.05, 0.1) is 11.4 Å². The lowest BCUT2D eigenvalue weighted by atomic mass is 9.83. The number of hydrogen-bond acceptors (Lipinski definition) is 4. The fraction of sp³-hybridized carbons (Fsp3) is 0. The zero-order chi connectivity index (χ0) is 12.9. The Morgan fingerprint density at radius 2 is 1.00 bits per heavy atom. The molecular formula is C14H10N2O2. The molecule has 4 nitrogen and oxygen atoms in total. The number of fused-ring (bicyclic) bond motifs is 3. The maximum atomic E-state index is 9.48. The van der Waals surface area contributed by atoms with Crippen LogP contribution in [0.5, 0.6) is 11.5 Å². The van der Waals surface area contributed by atoms with Gasteiger partial charge in [0.1, 0.15) is 11.5 Å². The molecule has 3 rings (SSSR count). The third kappa shape index (κ3) is 1.32. The van der Waals surface area contributed by atoms with E-state index in [1.807, 2.05) is 0 Å². The van der Waals surface area contributed by atoms with Crippen LogP contribution in [0.2, 0.25) is 0 Å². The Morgan fingerprint density at radius 1 is 0.611 bits per heavy atom. The SMILES string of the molecule is N=C1C(=N)c2cc(O)ccc2-c2ccc(O)cc21. The van der Waals surface area contributed by atoms with Crippen molar-refractivity contribution in [2.45, 2.75) is 0 Å². The van der Waals surface area contributed by atoms with Gasteiger partial charge in [0.25, 0.3) is 0 Å². The average molecular weight is 238 g/mol. The van der Waals surface area contributed by atoms with Crippen molar-refractivity contribution in [3.63, 3.8) is 0 Å². The molecule has 4 heteroatoms. The van der Waals surface area contributed by atoms with Crippen molar-refractivity contribution < 1.29 is 10.2 Å². The van der Waals surface area contributed by atoms with Crippen molar-refractivity contribution in [2.75, 3.05) is 0 Å². The lowest BCUT2D eigenvalue weighted by molar-refractivity contribution is 0.474. The first-order valence-corrected chi connectivity index (χ1v) is 5.42.